The largest absolute Gasteiger partial charge is 0.497 e. The van der Waals surface area contributed by atoms with Gasteiger partial charge < -0.3 is 19.5 Å². The van der Waals surface area contributed by atoms with Crippen LogP contribution < -0.4 is 14.2 Å². The first-order valence-corrected chi connectivity index (χ1v) is 14.6. The fourth-order valence-electron chi connectivity index (χ4n) is 3.85. The Morgan fingerprint density at radius 2 is 1.63 bits per heavy atom. The van der Waals surface area contributed by atoms with E-state index in [2.05, 4.69) is 16.9 Å². The molecule has 2 N–H and O–H groups in total. The number of rotatable bonds is 18. The van der Waals surface area contributed by atoms with E-state index < -0.39 is 16.0 Å². The third kappa shape index (κ3) is 11.9. The first-order valence-electron chi connectivity index (χ1n) is 12.9. The molecule has 2 aromatic rings. The zero-order valence-corrected chi connectivity index (χ0v) is 23.4. The molecule has 0 bridgehead atoms. The van der Waals surface area contributed by atoms with Crippen molar-refractivity contribution in [1.82, 2.24) is 4.90 Å². The van der Waals surface area contributed by atoms with E-state index in [1.807, 2.05) is 12.1 Å². The van der Waals surface area contributed by atoms with Gasteiger partial charge in [0.2, 0.25) is 15.9 Å². The number of unbranched alkanes of at least 4 members (excludes halogenated alkanes) is 3. The molecule has 0 aromatic heterocycles. The number of carboxylic acid groups (broad SMARTS) is 1. The van der Waals surface area contributed by atoms with E-state index in [1.54, 1.807) is 39.4 Å². The van der Waals surface area contributed by atoms with Gasteiger partial charge in [-0.15, -0.1) is 0 Å². The molecular formula is C28H40N2O7S. The maximum Gasteiger partial charge on any atom is 0.303 e. The second kappa shape index (κ2) is 15.9. The van der Waals surface area contributed by atoms with Gasteiger partial charge in [0.05, 0.1) is 19.5 Å². The molecule has 0 saturated heterocycles. The Kier molecular flexibility index (Phi) is 12.9. The zero-order valence-electron chi connectivity index (χ0n) is 22.6. The molecule has 2 rings (SSSR count). The highest BCUT2D eigenvalue weighted by molar-refractivity contribution is 7.92. The molecule has 2 aromatic carbocycles. The fourth-order valence-corrected chi connectivity index (χ4v) is 4.96. The summed E-state index contributed by atoms with van der Waals surface area (Å²) in [6, 6.07) is 13.0. The van der Waals surface area contributed by atoms with Crippen LogP contribution in [0.25, 0.3) is 0 Å². The lowest BCUT2D eigenvalue weighted by atomic mass is 10.1. The van der Waals surface area contributed by atoms with Crippen LogP contribution in [-0.2, 0) is 32.5 Å². The summed E-state index contributed by atoms with van der Waals surface area (Å²) in [4.78, 5) is 24.2. The molecule has 0 spiro atoms. The van der Waals surface area contributed by atoms with Crippen molar-refractivity contribution < 1.29 is 32.6 Å². The number of anilines is 1. The highest BCUT2D eigenvalue weighted by atomic mass is 32.2. The molecule has 0 saturated carbocycles. The van der Waals surface area contributed by atoms with Crippen molar-refractivity contribution in [3.05, 3.63) is 53.6 Å². The molecule has 0 aliphatic carbocycles. The minimum Gasteiger partial charge on any atom is -0.497 e. The van der Waals surface area contributed by atoms with Crippen molar-refractivity contribution in [2.75, 3.05) is 38.3 Å². The first-order chi connectivity index (χ1) is 18.1. The van der Waals surface area contributed by atoms with E-state index >= 15 is 0 Å². The molecule has 0 aliphatic rings. The van der Waals surface area contributed by atoms with Crippen LogP contribution in [0, 0.1) is 0 Å². The summed E-state index contributed by atoms with van der Waals surface area (Å²) in [5.41, 5.74) is 2.26. The number of sulfonamides is 1. The number of hydrogen-bond donors (Lipinski definition) is 2. The molecule has 0 aliphatic heterocycles. The van der Waals surface area contributed by atoms with Crippen molar-refractivity contribution in [2.24, 2.45) is 0 Å². The smallest absolute Gasteiger partial charge is 0.303 e. The number of nitrogens with zero attached hydrogens (tertiary/aromatic N) is 1. The number of methoxy groups -OCH3 is 1. The Morgan fingerprint density at radius 1 is 0.921 bits per heavy atom. The van der Waals surface area contributed by atoms with Gasteiger partial charge in [-0.1, -0.05) is 25.0 Å². The van der Waals surface area contributed by atoms with E-state index in [0.29, 0.717) is 23.6 Å². The summed E-state index contributed by atoms with van der Waals surface area (Å²) in [6.07, 6.45) is 5.51. The van der Waals surface area contributed by atoms with Gasteiger partial charge in [0.15, 0.2) is 0 Å². The van der Waals surface area contributed by atoms with Crippen LogP contribution in [0.3, 0.4) is 0 Å². The van der Waals surface area contributed by atoms with E-state index in [0.717, 1.165) is 37.9 Å². The number of carbonyl (C=O) groups is 2. The number of amides is 1. The third-order valence-electron chi connectivity index (χ3n) is 6.02. The van der Waals surface area contributed by atoms with Crippen molar-refractivity contribution in [1.29, 1.82) is 0 Å². The average molecular weight is 549 g/mol. The Bertz CT molecular complexity index is 1130. The van der Waals surface area contributed by atoms with Gasteiger partial charge in [0.1, 0.15) is 11.5 Å². The number of aryl methyl sites for hydroxylation is 2. The second-order valence-corrected chi connectivity index (χ2v) is 11.2. The summed E-state index contributed by atoms with van der Waals surface area (Å²) in [5.74, 6) is 0.156. The number of ether oxygens (including phenoxy) is 2. The highest BCUT2D eigenvalue weighted by Crippen LogP contribution is 2.26. The first kappa shape index (κ1) is 31.0. The lowest BCUT2D eigenvalue weighted by molar-refractivity contribution is -0.137. The van der Waals surface area contributed by atoms with E-state index in [4.69, 9.17) is 14.6 Å². The molecule has 0 unspecified atom stereocenters. The number of hydrogen-bond acceptors (Lipinski definition) is 6. The van der Waals surface area contributed by atoms with Crippen LogP contribution in [0.5, 0.6) is 11.5 Å². The third-order valence-corrected chi connectivity index (χ3v) is 7.39. The van der Waals surface area contributed by atoms with Crippen LogP contribution in [0.15, 0.2) is 42.5 Å². The fraction of sp³-hybridized carbons (Fsp3) is 0.500. The summed E-state index contributed by atoms with van der Waals surface area (Å²) in [5, 5.41) is 9.12. The van der Waals surface area contributed by atoms with Gasteiger partial charge >= 0.3 is 5.97 Å². The summed E-state index contributed by atoms with van der Waals surface area (Å²) >= 11 is 0. The topological polar surface area (TPSA) is 122 Å². The molecule has 38 heavy (non-hydrogen) atoms. The zero-order chi connectivity index (χ0) is 28.0. The number of aliphatic carboxylic acids is 1. The Labute approximate surface area is 226 Å². The van der Waals surface area contributed by atoms with Crippen molar-refractivity contribution in [3.63, 3.8) is 0 Å². The van der Waals surface area contributed by atoms with Gasteiger partial charge in [-0.05, 0) is 73.6 Å². The van der Waals surface area contributed by atoms with Gasteiger partial charge in [0.25, 0.3) is 0 Å². The normalized spacial score (nSPS) is 11.1. The van der Waals surface area contributed by atoms with Crippen LogP contribution in [-0.4, -0.2) is 63.9 Å². The SMILES string of the molecule is COc1ccc(CCCCCCOc2ccc(NS(=O)(=O)CCCC(=O)N(C)C)cc2CCC(=O)O)cc1. The minimum absolute atomic E-state index is 0.0927. The van der Waals surface area contributed by atoms with E-state index in [-0.39, 0.29) is 37.3 Å². The molecule has 210 valence electrons. The van der Waals surface area contributed by atoms with E-state index in [1.165, 1.54) is 10.5 Å². The number of nitrogens with one attached hydrogen (secondary N) is 1. The highest BCUT2D eigenvalue weighted by Gasteiger charge is 2.15. The molecule has 0 atom stereocenters. The van der Waals surface area contributed by atoms with Crippen LogP contribution in [0.1, 0.15) is 56.1 Å². The molecule has 1 amide bonds. The molecular weight excluding hydrogens is 508 g/mol. The second-order valence-electron chi connectivity index (χ2n) is 9.39. The molecule has 0 fully saturated rings. The quantitative estimate of drug-likeness (QED) is 0.263. The van der Waals surface area contributed by atoms with Crippen LogP contribution in [0.2, 0.25) is 0 Å². The van der Waals surface area contributed by atoms with Crippen molar-refractivity contribution in [2.45, 2.75) is 57.8 Å². The standard InChI is InChI=1S/C28H40N2O7S/c1-30(2)27(31)10-8-20-38(34,35)29-24-14-17-26(23(21-24)13-18-28(32)33)37-19-7-5-4-6-9-22-11-15-25(36-3)16-12-22/h11-12,14-17,21,29H,4-10,13,18-20H2,1-3H3,(H,32,33). The predicted octanol–water partition coefficient (Wildman–Crippen LogP) is 4.50. The Hall–Kier alpha value is -3.27. The summed E-state index contributed by atoms with van der Waals surface area (Å²) in [7, 11) is 1.25. The monoisotopic (exact) mass is 548 g/mol. The molecule has 0 radical (unpaired) electrons. The van der Waals surface area contributed by atoms with Crippen molar-refractivity contribution in [3.8, 4) is 11.5 Å². The number of carbonyl (C=O) groups excluding carboxylic acids is 1. The molecule has 10 heteroatoms. The molecule has 0 heterocycles. The Morgan fingerprint density at radius 3 is 2.29 bits per heavy atom. The van der Waals surface area contributed by atoms with Gasteiger partial charge in [-0.2, -0.15) is 0 Å². The van der Waals surface area contributed by atoms with Crippen molar-refractivity contribution >= 4 is 27.6 Å². The summed E-state index contributed by atoms with van der Waals surface area (Å²) in [6.45, 7) is 0.494. The van der Waals surface area contributed by atoms with Gasteiger partial charge in [-0.25, -0.2) is 8.42 Å². The predicted molar refractivity (Wildman–Crippen MR) is 148 cm³/mol. The maximum atomic E-state index is 12.5. The lowest BCUT2D eigenvalue weighted by Crippen LogP contribution is -2.23. The maximum absolute atomic E-state index is 12.5. The van der Waals surface area contributed by atoms with Crippen LogP contribution >= 0.6 is 0 Å². The molecule has 9 nitrogen and oxygen atoms in total. The minimum atomic E-state index is -3.65. The lowest BCUT2D eigenvalue weighted by Gasteiger charge is -2.15. The van der Waals surface area contributed by atoms with E-state index in [9.17, 15) is 18.0 Å². The van der Waals surface area contributed by atoms with Gasteiger partial charge in [-0.3, -0.25) is 14.3 Å². The number of carboxylic acids is 1. The van der Waals surface area contributed by atoms with Gasteiger partial charge in [0, 0.05) is 32.6 Å². The average Bonchev–Trinajstić information content (AvgIpc) is 2.87. The van der Waals surface area contributed by atoms with Crippen LogP contribution in [0.4, 0.5) is 5.69 Å². The summed E-state index contributed by atoms with van der Waals surface area (Å²) < 4.78 is 38.6. The number of benzene rings is 2. The Balaban J connectivity index is 1.84.